The van der Waals surface area contributed by atoms with Gasteiger partial charge in [-0.1, -0.05) is 66.4 Å². The summed E-state index contributed by atoms with van der Waals surface area (Å²) in [7, 11) is 0. The summed E-state index contributed by atoms with van der Waals surface area (Å²) in [5.74, 6) is 6.51. The van der Waals surface area contributed by atoms with Crippen molar-refractivity contribution in [2.75, 3.05) is 0 Å². The third-order valence-electron chi connectivity index (χ3n) is 6.35. The number of hydrogen-bond acceptors (Lipinski definition) is 5. The van der Waals surface area contributed by atoms with Crippen LogP contribution in [0.1, 0.15) is 69.9 Å². The number of hydrazone groups is 1. The minimum Gasteiger partial charge on any atom is -0.382 e. The molecule has 0 aromatic heterocycles. The second-order valence-corrected chi connectivity index (χ2v) is 10.00. The Morgan fingerprint density at radius 3 is 2.53 bits per heavy atom. The van der Waals surface area contributed by atoms with Crippen molar-refractivity contribution in [3.05, 3.63) is 58.1 Å². The number of hydrazine groups is 1. The maximum Gasteiger partial charge on any atom is 0.215 e. The molecule has 5 N–H and O–H groups in total. The molecule has 0 bridgehead atoms. The monoisotopic (exact) mass is 526 g/mol. The first-order valence-electron chi connectivity index (χ1n) is 11.9. The average molecular weight is 528 g/mol. The molecule has 3 rings (SSSR count). The number of amides is 1. The Kier molecular flexibility index (Phi) is 9.24. The maximum atomic E-state index is 12.1. The molecule has 0 heterocycles. The molecule has 1 fully saturated rings. The number of carbonyl (C=O) groups excluding carboxylic acids is 1. The summed E-state index contributed by atoms with van der Waals surface area (Å²) in [6, 6.07) is 14.0. The van der Waals surface area contributed by atoms with Crippen molar-refractivity contribution in [3.8, 4) is 11.1 Å². The highest BCUT2D eigenvalue weighted by Crippen LogP contribution is 2.33. The van der Waals surface area contributed by atoms with Crippen LogP contribution in [0, 0.1) is 0 Å². The molecule has 182 valence electrons. The van der Waals surface area contributed by atoms with Gasteiger partial charge in [-0.3, -0.25) is 14.7 Å². The summed E-state index contributed by atoms with van der Waals surface area (Å²) in [5, 5.41) is 3.92. The van der Waals surface area contributed by atoms with Gasteiger partial charge in [-0.05, 0) is 61.1 Å². The highest BCUT2D eigenvalue weighted by molar-refractivity contribution is 9.10. The molecular weight excluding hydrogens is 492 g/mol. The average Bonchev–Trinajstić information content (AvgIpc) is 3.27. The first kappa shape index (κ1) is 25.9. The van der Waals surface area contributed by atoms with Gasteiger partial charge in [0.05, 0.1) is 12.1 Å². The Balaban J connectivity index is 1.85. The van der Waals surface area contributed by atoms with Crippen molar-refractivity contribution in [2.24, 2.45) is 21.7 Å². The van der Waals surface area contributed by atoms with Gasteiger partial charge >= 0.3 is 0 Å². The lowest BCUT2D eigenvalue weighted by molar-refractivity contribution is -0.115. The van der Waals surface area contributed by atoms with Crippen LogP contribution in [0.2, 0.25) is 0 Å². The van der Waals surface area contributed by atoms with E-state index in [-0.39, 0.29) is 5.54 Å². The lowest BCUT2D eigenvalue weighted by Crippen LogP contribution is -2.32. The smallest absolute Gasteiger partial charge is 0.215 e. The lowest BCUT2D eigenvalue weighted by atomic mass is 9.98. The number of carbonyl (C=O) groups is 1. The molecule has 0 radical (unpaired) electrons. The summed E-state index contributed by atoms with van der Waals surface area (Å²) in [6.45, 7) is 4.87. The zero-order valence-corrected chi connectivity index (χ0v) is 21.6. The molecule has 0 aliphatic heterocycles. The van der Waals surface area contributed by atoms with Gasteiger partial charge in [-0.25, -0.2) is 11.4 Å². The molecule has 1 amide bonds. The van der Waals surface area contributed by atoms with E-state index in [0.29, 0.717) is 12.4 Å². The molecule has 0 unspecified atom stereocenters. The molecule has 1 saturated carbocycles. The fourth-order valence-electron chi connectivity index (χ4n) is 4.44. The van der Waals surface area contributed by atoms with Crippen LogP contribution < -0.4 is 17.1 Å². The summed E-state index contributed by atoms with van der Waals surface area (Å²) in [6.07, 6.45) is 8.41. The molecule has 1 aliphatic rings. The first-order valence-corrected chi connectivity index (χ1v) is 12.7. The van der Waals surface area contributed by atoms with Crippen molar-refractivity contribution in [3.63, 3.8) is 0 Å². The summed E-state index contributed by atoms with van der Waals surface area (Å²) in [4.78, 5) is 19.0. The number of unbranched alkanes of at least 4 members (excludes halogenated alkanes) is 1. The van der Waals surface area contributed by atoms with Gasteiger partial charge in [0, 0.05) is 16.5 Å². The third kappa shape index (κ3) is 6.67. The van der Waals surface area contributed by atoms with E-state index in [2.05, 4.69) is 40.4 Å². The quantitative estimate of drug-likeness (QED) is 0.132. The number of nitrogens with zero attached hydrogens (tertiary/aromatic N) is 3. The summed E-state index contributed by atoms with van der Waals surface area (Å²) < 4.78 is 0.938. The second-order valence-electron chi connectivity index (χ2n) is 9.08. The third-order valence-corrected chi connectivity index (χ3v) is 6.85. The minimum absolute atomic E-state index is 0.0504. The molecule has 7 nitrogen and oxygen atoms in total. The van der Waals surface area contributed by atoms with Gasteiger partial charge < -0.3 is 5.73 Å². The molecule has 1 aliphatic carbocycles. The van der Waals surface area contributed by atoms with E-state index < -0.39 is 0 Å². The highest BCUT2D eigenvalue weighted by Gasteiger charge is 2.29. The number of nitrogens with one attached hydrogen (secondary N) is 1. The molecule has 0 atom stereocenters. The predicted molar refractivity (Wildman–Crippen MR) is 143 cm³/mol. The highest BCUT2D eigenvalue weighted by atomic mass is 79.9. The Morgan fingerprint density at radius 2 is 1.91 bits per heavy atom. The van der Waals surface area contributed by atoms with E-state index in [0.717, 1.165) is 71.1 Å². The standard InChI is InChI=1S/C26H35BrN6O/c1-3-4-7-24(30-26(2)14-5-6-15-26)33(18-34)17-19-8-10-20(11-9-19)23-16-21(27)12-13-22(23)25(28)31-32-29/h8-13,16,18,32H,3-7,14-15,17,29H2,1-2H3,(H2,28,31). The van der Waals surface area contributed by atoms with Crippen LogP contribution in [0.5, 0.6) is 0 Å². The topological polar surface area (TPSA) is 109 Å². The number of nitrogens with two attached hydrogens (primary N) is 2. The molecular formula is C26H35BrN6O. The fraction of sp³-hybridized carbons (Fsp3) is 0.423. The number of amidine groups is 2. The van der Waals surface area contributed by atoms with Crippen LogP contribution in [0.4, 0.5) is 0 Å². The van der Waals surface area contributed by atoms with E-state index in [1.807, 2.05) is 42.5 Å². The number of hydrogen-bond donors (Lipinski definition) is 3. The van der Waals surface area contributed by atoms with Crippen LogP contribution in [0.3, 0.4) is 0 Å². The van der Waals surface area contributed by atoms with Crippen molar-refractivity contribution < 1.29 is 4.79 Å². The van der Waals surface area contributed by atoms with Gasteiger partial charge in [-0.15, -0.1) is 5.10 Å². The van der Waals surface area contributed by atoms with Gasteiger partial charge in [0.2, 0.25) is 6.41 Å². The Bertz CT molecular complexity index is 1030. The van der Waals surface area contributed by atoms with Gasteiger partial charge in [0.25, 0.3) is 0 Å². The number of halogens is 1. The van der Waals surface area contributed by atoms with Crippen molar-refractivity contribution >= 4 is 34.0 Å². The van der Waals surface area contributed by atoms with E-state index in [1.165, 1.54) is 12.8 Å². The van der Waals surface area contributed by atoms with Crippen molar-refractivity contribution in [1.29, 1.82) is 0 Å². The van der Waals surface area contributed by atoms with E-state index in [1.54, 1.807) is 4.90 Å². The Morgan fingerprint density at radius 1 is 1.21 bits per heavy atom. The molecule has 8 heteroatoms. The van der Waals surface area contributed by atoms with Crippen molar-refractivity contribution in [1.82, 2.24) is 10.4 Å². The Hall–Kier alpha value is -2.71. The van der Waals surface area contributed by atoms with E-state index in [9.17, 15) is 4.79 Å². The number of aliphatic imine (C=N–C) groups is 1. The SMILES string of the molecule is CCCCC(=NC1(C)CCCC1)N(C=O)Cc1ccc(-c2cc(Br)ccc2/C(N)=N/NN)cc1. The first-order chi connectivity index (χ1) is 16.4. The van der Waals surface area contributed by atoms with Crippen LogP contribution in [-0.2, 0) is 11.3 Å². The Labute approximate surface area is 210 Å². The lowest BCUT2D eigenvalue weighted by Gasteiger charge is -2.26. The van der Waals surface area contributed by atoms with E-state index >= 15 is 0 Å². The van der Waals surface area contributed by atoms with Gasteiger partial charge in [0.15, 0.2) is 5.84 Å². The van der Waals surface area contributed by atoms with Crippen LogP contribution in [0.25, 0.3) is 11.1 Å². The second kappa shape index (κ2) is 12.1. The normalized spacial score (nSPS) is 15.9. The summed E-state index contributed by atoms with van der Waals surface area (Å²) in [5.41, 5.74) is 12.0. The molecule has 0 spiro atoms. The van der Waals surface area contributed by atoms with Gasteiger partial charge in [-0.2, -0.15) is 0 Å². The zero-order chi connectivity index (χ0) is 24.6. The zero-order valence-electron chi connectivity index (χ0n) is 20.1. The number of rotatable bonds is 10. The van der Waals surface area contributed by atoms with Crippen molar-refractivity contribution in [2.45, 2.75) is 70.9 Å². The van der Waals surface area contributed by atoms with Crippen LogP contribution in [0.15, 0.2) is 57.0 Å². The van der Waals surface area contributed by atoms with Gasteiger partial charge in [0.1, 0.15) is 5.84 Å². The molecule has 2 aromatic rings. The molecule has 34 heavy (non-hydrogen) atoms. The predicted octanol–water partition coefficient (Wildman–Crippen LogP) is 5.08. The largest absolute Gasteiger partial charge is 0.382 e. The molecule has 0 saturated heterocycles. The van der Waals surface area contributed by atoms with Crippen LogP contribution >= 0.6 is 15.9 Å². The minimum atomic E-state index is -0.0504. The van der Waals surface area contributed by atoms with Crippen LogP contribution in [-0.4, -0.2) is 28.5 Å². The van der Waals surface area contributed by atoms with E-state index in [4.69, 9.17) is 16.6 Å². The maximum absolute atomic E-state index is 12.1. The fourth-order valence-corrected chi connectivity index (χ4v) is 4.80. The number of benzene rings is 2. The molecule has 2 aromatic carbocycles. The summed E-state index contributed by atoms with van der Waals surface area (Å²) >= 11 is 3.54.